The van der Waals surface area contributed by atoms with E-state index in [1.165, 1.54) is 25.7 Å². The van der Waals surface area contributed by atoms with Gasteiger partial charge in [0.25, 0.3) is 0 Å². The molecule has 0 aromatic rings. The van der Waals surface area contributed by atoms with Crippen LogP contribution in [0.4, 0.5) is 0 Å². The van der Waals surface area contributed by atoms with Gasteiger partial charge in [-0.1, -0.05) is 13.3 Å². The van der Waals surface area contributed by atoms with Gasteiger partial charge in [-0.2, -0.15) is 0 Å². The molecule has 0 aromatic heterocycles. The van der Waals surface area contributed by atoms with Crippen molar-refractivity contribution < 1.29 is 4.79 Å². The zero-order valence-electron chi connectivity index (χ0n) is 14.7. The summed E-state index contributed by atoms with van der Waals surface area (Å²) in [4.78, 5) is 18.7. The average molecular weight is 436 g/mol. The number of likely N-dealkylation sites (tertiary alicyclic amines) is 1. The first kappa shape index (κ1) is 20.5. The zero-order valence-corrected chi connectivity index (χ0v) is 17.0. The number of carbonyl (C=O) groups excluding carboxylic acids is 1. The summed E-state index contributed by atoms with van der Waals surface area (Å²) in [6.07, 6.45) is 8.04. The molecule has 0 aromatic carbocycles. The van der Waals surface area contributed by atoms with Crippen LogP contribution in [0.25, 0.3) is 0 Å². The van der Waals surface area contributed by atoms with Gasteiger partial charge in [0, 0.05) is 39.1 Å². The Morgan fingerprint density at radius 3 is 2.35 bits per heavy atom. The first-order valence-electron chi connectivity index (χ1n) is 8.99. The van der Waals surface area contributed by atoms with Crippen molar-refractivity contribution in [3.8, 4) is 0 Å². The number of hydrogen-bond donors (Lipinski definition) is 2. The van der Waals surface area contributed by atoms with Gasteiger partial charge in [-0.15, -0.1) is 24.0 Å². The van der Waals surface area contributed by atoms with Crippen LogP contribution in [-0.2, 0) is 4.79 Å². The lowest BCUT2D eigenvalue weighted by molar-refractivity contribution is -0.129. The smallest absolute Gasteiger partial charge is 0.224 e. The Balaban J connectivity index is 0.00000264. The number of amides is 1. The molecular formula is C17H33IN4O. The van der Waals surface area contributed by atoms with E-state index in [1.807, 2.05) is 4.90 Å². The van der Waals surface area contributed by atoms with Gasteiger partial charge in [-0.05, 0) is 44.4 Å². The highest BCUT2D eigenvalue weighted by atomic mass is 127. The molecule has 6 heteroatoms. The van der Waals surface area contributed by atoms with E-state index in [2.05, 4.69) is 24.5 Å². The summed E-state index contributed by atoms with van der Waals surface area (Å²) in [5, 5.41) is 6.60. The molecule has 1 aliphatic carbocycles. The van der Waals surface area contributed by atoms with Crippen LogP contribution in [0.1, 0.15) is 58.8 Å². The summed E-state index contributed by atoms with van der Waals surface area (Å²) in [5.41, 5.74) is 0.438. The molecule has 1 saturated carbocycles. The Bertz CT molecular complexity index is 385. The minimum atomic E-state index is 0. The summed E-state index contributed by atoms with van der Waals surface area (Å²) in [5.74, 6) is 1.13. The van der Waals surface area contributed by atoms with Gasteiger partial charge >= 0.3 is 0 Å². The Hall–Kier alpha value is -0.530. The second kappa shape index (κ2) is 10.4. The lowest BCUT2D eigenvalue weighted by Gasteiger charge is -2.40. The summed E-state index contributed by atoms with van der Waals surface area (Å²) in [6.45, 7) is 8.64. The highest BCUT2D eigenvalue weighted by molar-refractivity contribution is 14.0. The number of hydrogen-bond acceptors (Lipinski definition) is 2. The van der Waals surface area contributed by atoms with E-state index in [4.69, 9.17) is 4.99 Å². The van der Waals surface area contributed by atoms with Crippen molar-refractivity contribution >= 4 is 35.8 Å². The fraction of sp³-hybridized carbons (Fsp3) is 0.882. The maximum absolute atomic E-state index is 12.0. The lowest BCUT2D eigenvalue weighted by atomic mass is 9.67. The minimum absolute atomic E-state index is 0. The Morgan fingerprint density at radius 2 is 1.83 bits per heavy atom. The van der Waals surface area contributed by atoms with Gasteiger partial charge < -0.3 is 15.5 Å². The molecule has 0 unspecified atom stereocenters. The van der Waals surface area contributed by atoms with Crippen molar-refractivity contribution in [1.82, 2.24) is 15.5 Å². The standard InChI is InChI=1S/C17H32N4O.HI/c1-3-17(9-7-10-17)14-20-16(18-4-2)19-11-8-15(22)21-12-5-6-13-21;/h3-14H2,1-2H3,(H2,18,19,20);1H. The summed E-state index contributed by atoms with van der Waals surface area (Å²) in [7, 11) is 0. The first-order valence-corrected chi connectivity index (χ1v) is 8.99. The van der Waals surface area contributed by atoms with E-state index in [0.29, 0.717) is 18.4 Å². The lowest BCUT2D eigenvalue weighted by Crippen LogP contribution is -2.41. The monoisotopic (exact) mass is 436 g/mol. The molecule has 2 N–H and O–H groups in total. The van der Waals surface area contributed by atoms with Crippen molar-refractivity contribution in [3.63, 3.8) is 0 Å². The second-order valence-electron chi connectivity index (χ2n) is 6.67. The fourth-order valence-electron chi connectivity index (χ4n) is 3.30. The molecule has 5 nitrogen and oxygen atoms in total. The number of rotatable bonds is 7. The normalized spacial score (nSPS) is 19.7. The maximum atomic E-state index is 12.0. The summed E-state index contributed by atoms with van der Waals surface area (Å²) >= 11 is 0. The third-order valence-electron chi connectivity index (χ3n) is 5.17. The molecule has 0 radical (unpaired) electrons. The van der Waals surface area contributed by atoms with E-state index in [-0.39, 0.29) is 29.9 Å². The number of aliphatic imine (C=N–C) groups is 1. The summed E-state index contributed by atoms with van der Waals surface area (Å²) in [6, 6.07) is 0. The molecule has 1 amide bonds. The molecule has 0 bridgehead atoms. The quantitative estimate of drug-likeness (QED) is 0.367. The molecule has 0 atom stereocenters. The molecule has 2 aliphatic rings. The Kier molecular flexibility index (Phi) is 9.24. The largest absolute Gasteiger partial charge is 0.357 e. The fourth-order valence-corrected chi connectivity index (χ4v) is 3.30. The Labute approximate surface area is 158 Å². The number of guanidine groups is 1. The molecule has 23 heavy (non-hydrogen) atoms. The average Bonchev–Trinajstić information content (AvgIpc) is 3.00. The van der Waals surface area contributed by atoms with Gasteiger partial charge in [0.15, 0.2) is 5.96 Å². The molecule has 134 valence electrons. The van der Waals surface area contributed by atoms with Crippen LogP contribution in [-0.4, -0.2) is 49.5 Å². The van der Waals surface area contributed by atoms with E-state index in [9.17, 15) is 4.79 Å². The van der Waals surface area contributed by atoms with E-state index >= 15 is 0 Å². The van der Waals surface area contributed by atoms with Gasteiger partial charge in [0.05, 0.1) is 0 Å². The highest BCUT2D eigenvalue weighted by Gasteiger charge is 2.34. The first-order chi connectivity index (χ1) is 10.7. The van der Waals surface area contributed by atoms with Crippen LogP contribution in [0.3, 0.4) is 0 Å². The summed E-state index contributed by atoms with van der Waals surface area (Å²) < 4.78 is 0. The van der Waals surface area contributed by atoms with Crippen molar-refractivity contribution in [2.45, 2.75) is 58.8 Å². The van der Waals surface area contributed by atoms with Crippen LogP contribution in [0, 0.1) is 5.41 Å². The molecule has 0 spiro atoms. The topological polar surface area (TPSA) is 56.7 Å². The number of carbonyl (C=O) groups is 1. The zero-order chi connectivity index (χ0) is 15.8. The second-order valence-corrected chi connectivity index (χ2v) is 6.67. The van der Waals surface area contributed by atoms with Crippen LogP contribution < -0.4 is 10.6 Å². The van der Waals surface area contributed by atoms with Crippen LogP contribution in [0.5, 0.6) is 0 Å². The third kappa shape index (κ3) is 6.12. The molecular weight excluding hydrogens is 403 g/mol. The predicted molar refractivity (Wildman–Crippen MR) is 106 cm³/mol. The highest BCUT2D eigenvalue weighted by Crippen LogP contribution is 2.43. The molecule has 1 heterocycles. The third-order valence-corrected chi connectivity index (χ3v) is 5.17. The van der Waals surface area contributed by atoms with Gasteiger partial charge in [-0.3, -0.25) is 9.79 Å². The number of nitrogens with one attached hydrogen (secondary N) is 2. The van der Waals surface area contributed by atoms with E-state index < -0.39 is 0 Å². The number of halogens is 1. The maximum Gasteiger partial charge on any atom is 0.224 e. The SMILES string of the molecule is CCNC(=NCC1(CC)CCC1)NCCC(=O)N1CCCC1.I. The van der Waals surface area contributed by atoms with Crippen LogP contribution >= 0.6 is 24.0 Å². The van der Waals surface area contributed by atoms with Gasteiger partial charge in [0.2, 0.25) is 5.91 Å². The molecule has 1 aliphatic heterocycles. The predicted octanol–water partition coefficient (Wildman–Crippen LogP) is 2.75. The van der Waals surface area contributed by atoms with E-state index in [0.717, 1.165) is 45.0 Å². The molecule has 2 rings (SSSR count). The van der Waals surface area contributed by atoms with Gasteiger partial charge in [-0.25, -0.2) is 0 Å². The van der Waals surface area contributed by atoms with E-state index in [1.54, 1.807) is 0 Å². The minimum Gasteiger partial charge on any atom is -0.357 e. The van der Waals surface area contributed by atoms with Crippen LogP contribution in [0.15, 0.2) is 4.99 Å². The number of nitrogens with zero attached hydrogens (tertiary/aromatic N) is 2. The molecule has 2 fully saturated rings. The van der Waals surface area contributed by atoms with Crippen molar-refractivity contribution in [3.05, 3.63) is 0 Å². The van der Waals surface area contributed by atoms with Crippen molar-refractivity contribution in [2.75, 3.05) is 32.7 Å². The molecule has 1 saturated heterocycles. The van der Waals surface area contributed by atoms with Gasteiger partial charge in [0.1, 0.15) is 0 Å². The van der Waals surface area contributed by atoms with Crippen molar-refractivity contribution in [1.29, 1.82) is 0 Å². The Morgan fingerprint density at radius 1 is 1.13 bits per heavy atom. The van der Waals surface area contributed by atoms with Crippen LogP contribution in [0.2, 0.25) is 0 Å². The van der Waals surface area contributed by atoms with Crippen molar-refractivity contribution in [2.24, 2.45) is 10.4 Å².